The number of allylic oxidation sites excluding steroid dienone is 4. The van der Waals surface area contributed by atoms with Gasteiger partial charge in [-0.3, -0.25) is 18.6 Å². The van der Waals surface area contributed by atoms with Gasteiger partial charge >= 0.3 is 19.8 Å². The largest absolute Gasteiger partial charge is 0.472 e. The molecule has 0 aromatic heterocycles. The Labute approximate surface area is 459 Å². The molecule has 0 spiro atoms. The number of carbonyl (C=O) groups is 2. The van der Waals surface area contributed by atoms with Crippen LogP contribution in [0.25, 0.3) is 0 Å². The molecule has 2 atom stereocenters. The summed E-state index contributed by atoms with van der Waals surface area (Å²) in [7, 11) is -4.38. The number of phosphoric ester groups is 1. The third-order valence-corrected chi connectivity index (χ3v) is 15.6. The molecule has 0 aromatic carbocycles. The minimum atomic E-state index is -4.38. The summed E-state index contributed by atoms with van der Waals surface area (Å²) in [6.45, 7) is 3.78. The summed E-state index contributed by atoms with van der Waals surface area (Å²) in [5.74, 6) is -0.809. The van der Waals surface area contributed by atoms with E-state index in [4.69, 9.17) is 24.3 Å². The van der Waals surface area contributed by atoms with E-state index in [0.717, 1.165) is 38.5 Å². The van der Waals surface area contributed by atoms with Gasteiger partial charge in [0.15, 0.2) is 6.10 Å². The van der Waals surface area contributed by atoms with Crippen molar-refractivity contribution in [2.45, 2.75) is 347 Å². The molecule has 9 nitrogen and oxygen atoms in total. The maximum absolute atomic E-state index is 12.7. The van der Waals surface area contributed by atoms with Crippen LogP contribution in [-0.2, 0) is 32.7 Å². The number of unbranched alkanes of at least 4 members (excludes halogenated alkanes) is 45. The minimum Gasteiger partial charge on any atom is -0.462 e. The van der Waals surface area contributed by atoms with Gasteiger partial charge in [0.05, 0.1) is 13.2 Å². The van der Waals surface area contributed by atoms with E-state index in [1.165, 1.54) is 270 Å². The molecule has 10 heteroatoms. The quantitative estimate of drug-likeness (QED) is 0.0264. The van der Waals surface area contributed by atoms with Gasteiger partial charge in [-0.1, -0.05) is 308 Å². The zero-order valence-corrected chi connectivity index (χ0v) is 50.0. The molecule has 438 valence electrons. The van der Waals surface area contributed by atoms with Crippen molar-refractivity contribution in [3.8, 4) is 0 Å². The summed E-state index contributed by atoms with van der Waals surface area (Å²) in [6, 6.07) is 0. The van der Waals surface area contributed by atoms with Crippen molar-refractivity contribution < 1.29 is 37.6 Å². The predicted octanol–water partition coefficient (Wildman–Crippen LogP) is 20.6. The lowest BCUT2D eigenvalue weighted by atomic mass is 10.0. The number of esters is 2. The van der Waals surface area contributed by atoms with E-state index < -0.39 is 26.5 Å². The Morgan fingerprint density at radius 3 is 1.03 bits per heavy atom. The normalized spacial score (nSPS) is 13.1. The van der Waals surface area contributed by atoms with Crippen LogP contribution in [0.3, 0.4) is 0 Å². The molecule has 0 rings (SSSR count). The number of nitrogens with two attached hydrogens (primary N) is 1. The molecule has 2 unspecified atom stereocenters. The monoisotopic (exact) mass is 1070 g/mol. The molecule has 0 aromatic rings. The molecule has 0 fully saturated rings. The topological polar surface area (TPSA) is 134 Å². The number of carbonyl (C=O) groups excluding carboxylic acids is 2. The number of rotatable bonds is 62. The van der Waals surface area contributed by atoms with Gasteiger partial charge in [0.25, 0.3) is 0 Å². The second kappa shape index (κ2) is 60.7. The van der Waals surface area contributed by atoms with Crippen molar-refractivity contribution >= 4 is 19.8 Å². The van der Waals surface area contributed by atoms with E-state index in [-0.39, 0.29) is 38.6 Å². The third-order valence-electron chi connectivity index (χ3n) is 14.6. The first-order valence-corrected chi connectivity index (χ1v) is 33.8. The second-order valence-electron chi connectivity index (χ2n) is 22.0. The minimum absolute atomic E-state index is 0.0573. The molecule has 0 saturated heterocycles. The van der Waals surface area contributed by atoms with Gasteiger partial charge in [0.1, 0.15) is 6.61 Å². The Hall–Kier alpha value is -1.51. The molecule has 0 aliphatic carbocycles. The standard InChI is InChI=1S/C64H124NO8P/c1-3-5-7-9-11-13-15-17-18-19-20-21-22-23-24-25-26-27-28-29-30-31-32-33-34-35-36-37-38-39-40-41-42-43-44-45-47-49-51-53-55-57-64(67)73-62(61-72-74(68,69)71-59-58-65)60-70-63(66)56-54-52-50-48-46-16-14-12-10-8-6-4-2/h15,17,19-20,62H,3-14,16,18,21-61,65H2,1-2H3,(H,68,69)/b17-15-,20-19-. The Morgan fingerprint density at radius 1 is 0.405 bits per heavy atom. The fraction of sp³-hybridized carbons (Fsp3) is 0.906. The van der Waals surface area contributed by atoms with Crippen molar-refractivity contribution in [1.82, 2.24) is 0 Å². The Balaban J connectivity index is 3.67. The van der Waals surface area contributed by atoms with E-state index in [9.17, 15) is 19.0 Å². The van der Waals surface area contributed by atoms with E-state index in [2.05, 4.69) is 38.2 Å². The van der Waals surface area contributed by atoms with Crippen LogP contribution < -0.4 is 5.73 Å². The van der Waals surface area contributed by atoms with Gasteiger partial charge < -0.3 is 20.1 Å². The van der Waals surface area contributed by atoms with Crippen LogP contribution in [0.1, 0.15) is 341 Å². The van der Waals surface area contributed by atoms with Crippen LogP contribution >= 0.6 is 7.82 Å². The first-order valence-electron chi connectivity index (χ1n) is 32.3. The van der Waals surface area contributed by atoms with Crippen LogP contribution in [0.15, 0.2) is 24.3 Å². The summed E-state index contributed by atoms with van der Waals surface area (Å²) in [6.07, 6.45) is 72.9. The van der Waals surface area contributed by atoms with Crippen molar-refractivity contribution in [1.29, 1.82) is 0 Å². The Morgan fingerprint density at radius 2 is 0.703 bits per heavy atom. The molecule has 0 saturated carbocycles. The van der Waals surface area contributed by atoms with Gasteiger partial charge in [0.2, 0.25) is 0 Å². The summed E-state index contributed by atoms with van der Waals surface area (Å²) in [5.41, 5.74) is 5.38. The Kier molecular flexibility index (Phi) is 59.5. The summed E-state index contributed by atoms with van der Waals surface area (Å²) < 4.78 is 33.0. The van der Waals surface area contributed by atoms with Gasteiger partial charge in [-0.25, -0.2) is 4.57 Å². The smallest absolute Gasteiger partial charge is 0.462 e. The van der Waals surface area contributed by atoms with E-state index in [1.54, 1.807) is 0 Å². The third kappa shape index (κ3) is 59.7. The van der Waals surface area contributed by atoms with E-state index in [0.29, 0.717) is 6.42 Å². The molecule has 0 aliphatic heterocycles. The molecular formula is C64H124NO8P. The van der Waals surface area contributed by atoms with Crippen LogP contribution in [0, 0.1) is 0 Å². The lowest BCUT2D eigenvalue weighted by Crippen LogP contribution is -2.29. The van der Waals surface area contributed by atoms with Crippen LogP contribution in [-0.4, -0.2) is 49.3 Å². The fourth-order valence-electron chi connectivity index (χ4n) is 9.79. The molecular weight excluding hydrogens is 942 g/mol. The van der Waals surface area contributed by atoms with E-state index in [1.807, 2.05) is 0 Å². The summed E-state index contributed by atoms with van der Waals surface area (Å²) >= 11 is 0. The number of hydrogen-bond donors (Lipinski definition) is 2. The average Bonchev–Trinajstić information content (AvgIpc) is 3.39. The molecule has 0 aliphatic rings. The summed E-state index contributed by atoms with van der Waals surface area (Å²) in [5, 5.41) is 0. The molecule has 74 heavy (non-hydrogen) atoms. The van der Waals surface area contributed by atoms with Crippen molar-refractivity contribution in [2.24, 2.45) is 5.73 Å². The van der Waals surface area contributed by atoms with Crippen molar-refractivity contribution in [3.63, 3.8) is 0 Å². The molecule has 0 bridgehead atoms. The van der Waals surface area contributed by atoms with Crippen LogP contribution in [0.5, 0.6) is 0 Å². The highest BCUT2D eigenvalue weighted by Crippen LogP contribution is 2.43. The second-order valence-corrected chi connectivity index (χ2v) is 23.4. The van der Waals surface area contributed by atoms with Gasteiger partial charge in [-0.15, -0.1) is 0 Å². The zero-order valence-electron chi connectivity index (χ0n) is 49.1. The maximum atomic E-state index is 12.7. The average molecular weight is 1070 g/mol. The van der Waals surface area contributed by atoms with Crippen LogP contribution in [0.2, 0.25) is 0 Å². The zero-order chi connectivity index (χ0) is 53.8. The maximum Gasteiger partial charge on any atom is 0.472 e. The number of hydrogen-bond acceptors (Lipinski definition) is 8. The SMILES string of the molecule is CCCCCCC/C=C\C/C=C\CCCCCCCCCCCCCCCCCCCCCCCCCCCCCCCC(=O)OC(COC(=O)CCCCCCCCCCCCCC)COP(=O)(O)OCCN. The first-order chi connectivity index (χ1) is 36.3. The van der Waals surface area contributed by atoms with Crippen molar-refractivity contribution in [2.75, 3.05) is 26.4 Å². The highest BCUT2D eigenvalue weighted by Gasteiger charge is 2.26. The van der Waals surface area contributed by atoms with Gasteiger partial charge in [0, 0.05) is 19.4 Å². The molecule has 0 radical (unpaired) electrons. The molecule has 0 amide bonds. The van der Waals surface area contributed by atoms with Gasteiger partial charge in [-0.2, -0.15) is 0 Å². The lowest BCUT2D eigenvalue weighted by molar-refractivity contribution is -0.161. The highest BCUT2D eigenvalue weighted by atomic mass is 31.2. The highest BCUT2D eigenvalue weighted by molar-refractivity contribution is 7.47. The Bertz CT molecular complexity index is 1260. The molecule has 3 N–H and O–H groups in total. The fourth-order valence-corrected chi connectivity index (χ4v) is 10.6. The predicted molar refractivity (Wildman–Crippen MR) is 317 cm³/mol. The molecule has 0 heterocycles. The number of phosphoric acid groups is 1. The van der Waals surface area contributed by atoms with Crippen LogP contribution in [0.4, 0.5) is 0 Å². The van der Waals surface area contributed by atoms with Crippen molar-refractivity contribution in [3.05, 3.63) is 24.3 Å². The van der Waals surface area contributed by atoms with Gasteiger partial charge in [-0.05, 0) is 44.9 Å². The summed E-state index contributed by atoms with van der Waals surface area (Å²) in [4.78, 5) is 35.1. The first kappa shape index (κ1) is 72.5. The lowest BCUT2D eigenvalue weighted by Gasteiger charge is -2.19. The van der Waals surface area contributed by atoms with E-state index >= 15 is 0 Å². The number of ether oxygens (including phenoxy) is 2.